The van der Waals surface area contributed by atoms with Crippen LogP contribution in [-0.4, -0.2) is 25.0 Å². The molecule has 1 rings (SSSR count). The minimum Gasteiger partial charge on any atom is -0.460 e. The Bertz CT molecular complexity index is 503. The molecule has 114 valence electrons. The van der Waals surface area contributed by atoms with E-state index in [2.05, 4.69) is 11.9 Å². The lowest BCUT2D eigenvalue weighted by molar-refractivity contribution is -0.129. The fraction of sp³-hybridized carbons (Fsp3) is 0.412. The number of benzene rings is 1. The highest BCUT2D eigenvalue weighted by Gasteiger charge is 2.24. The average Bonchev–Trinajstić information content (AvgIpc) is 2.51. The number of carbonyl (C=O) groups is 2. The van der Waals surface area contributed by atoms with Gasteiger partial charge >= 0.3 is 5.97 Å². The molecule has 0 aromatic heterocycles. The van der Waals surface area contributed by atoms with Gasteiger partial charge in [-0.3, -0.25) is 4.79 Å². The fourth-order valence-electron chi connectivity index (χ4n) is 1.55. The molecule has 1 N–H and O–H groups in total. The van der Waals surface area contributed by atoms with Gasteiger partial charge in [-0.15, -0.1) is 0 Å². The van der Waals surface area contributed by atoms with Crippen LogP contribution in [0, 0.1) is 5.41 Å². The van der Waals surface area contributed by atoms with E-state index in [1.165, 1.54) is 0 Å². The maximum absolute atomic E-state index is 11.8. The second-order valence-corrected chi connectivity index (χ2v) is 5.46. The van der Waals surface area contributed by atoms with Crippen LogP contribution < -0.4 is 5.32 Å². The van der Waals surface area contributed by atoms with E-state index in [0.717, 1.165) is 12.0 Å². The van der Waals surface area contributed by atoms with Gasteiger partial charge in [0.1, 0.15) is 6.61 Å². The Kier molecular flexibility index (Phi) is 6.15. The molecule has 0 unspecified atom stereocenters. The molecule has 1 amide bonds. The molecule has 1 aromatic carbocycles. The molecule has 0 heterocycles. The second-order valence-electron chi connectivity index (χ2n) is 5.46. The van der Waals surface area contributed by atoms with Gasteiger partial charge in [0.2, 0.25) is 5.91 Å². The molecule has 0 saturated heterocycles. The highest BCUT2D eigenvalue weighted by Crippen LogP contribution is 2.19. The number of hydrogen-bond acceptors (Lipinski definition) is 3. The highest BCUT2D eigenvalue weighted by molar-refractivity contribution is 5.89. The smallest absolute Gasteiger partial charge is 0.338 e. The lowest BCUT2D eigenvalue weighted by Gasteiger charge is -2.21. The van der Waals surface area contributed by atoms with Crippen molar-refractivity contribution in [3.8, 4) is 0 Å². The number of carbonyl (C=O) groups excluding carboxylic acids is 2. The zero-order valence-electron chi connectivity index (χ0n) is 12.9. The van der Waals surface area contributed by atoms with Crippen molar-refractivity contribution in [2.45, 2.75) is 27.2 Å². The topological polar surface area (TPSA) is 55.4 Å². The third kappa shape index (κ3) is 5.06. The fourth-order valence-corrected chi connectivity index (χ4v) is 1.55. The lowest BCUT2D eigenvalue weighted by Crippen LogP contribution is -2.38. The molecule has 4 heteroatoms. The summed E-state index contributed by atoms with van der Waals surface area (Å²) in [7, 11) is 0. The Morgan fingerprint density at radius 2 is 1.90 bits per heavy atom. The van der Waals surface area contributed by atoms with Gasteiger partial charge in [0.25, 0.3) is 0 Å². The Morgan fingerprint density at radius 3 is 2.43 bits per heavy atom. The average molecular weight is 289 g/mol. The molecule has 0 radical (unpaired) electrons. The van der Waals surface area contributed by atoms with Gasteiger partial charge in [0.05, 0.1) is 12.1 Å². The Morgan fingerprint density at radius 1 is 1.29 bits per heavy atom. The Balaban J connectivity index is 2.37. The summed E-state index contributed by atoms with van der Waals surface area (Å²) >= 11 is 0. The summed E-state index contributed by atoms with van der Waals surface area (Å²) in [4.78, 5) is 23.6. The van der Waals surface area contributed by atoms with Crippen molar-refractivity contribution in [1.29, 1.82) is 0 Å². The van der Waals surface area contributed by atoms with Gasteiger partial charge in [-0.2, -0.15) is 0 Å². The number of ether oxygens (including phenoxy) is 1. The predicted molar refractivity (Wildman–Crippen MR) is 83.9 cm³/mol. The van der Waals surface area contributed by atoms with Gasteiger partial charge in [0.15, 0.2) is 0 Å². The first kappa shape index (κ1) is 17.0. The van der Waals surface area contributed by atoms with Crippen LogP contribution in [0.15, 0.2) is 30.8 Å². The van der Waals surface area contributed by atoms with Gasteiger partial charge in [0, 0.05) is 5.41 Å². The Labute approximate surface area is 126 Å². The van der Waals surface area contributed by atoms with Crippen LogP contribution in [0.25, 0.3) is 6.08 Å². The summed E-state index contributed by atoms with van der Waals surface area (Å²) in [5.41, 5.74) is 1.03. The van der Waals surface area contributed by atoms with Gasteiger partial charge in [-0.05, 0) is 24.1 Å². The molecule has 0 aliphatic heterocycles. The third-order valence-corrected chi connectivity index (χ3v) is 3.50. The van der Waals surface area contributed by atoms with E-state index >= 15 is 0 Å². The largest absolute Gasteiger partial charge is 0.460 e. The van der Waals surface area contributed by atoms with E-state index in [4.69, 9.17) is 4.74 Å². The summed E-state index contributed by atoms with van der Waals surface area (Å²) in [5, 5.41) is 2.77. The van der Waals surface area contributed by atoms with Crippen LogP contribution in [0.3, 0.4) is 0 Å². The molecule has 4 nitrogen and oxygen atoms in total. The summed E-state index contributed by atoms with van der Waals surface area (Å²) in [6.07, 6.45) is 2.47. The normalized spacial score (nSPS) is 10.8. The maximum Gasteiger partial charge on any atom is 0.338 e. The van der Waals surface area contributed by atoms with Crippen LogP contribution in [0.5, 0.6) is 0 Å². The van der Waals surface area contributed by atoms with Gasteiger partial charge < -0.3 is 10.1 Å². The van der Waals surface area contributed by atoms with Crippen molar-refractivity contribution in [1.82, 2.24) is 5.32 Å². The van der Waals surface area contributed by atoms with E-state index in [0.29, 0.717) is 12.1 Å². The molecule has 21 heavy (non-hydrogen) atoms. The van der Waals surface area contributed by atoms with Gasteiger partial charge in [-0.1, -0.05) is 45.6 Å². The summed E-state index contributed by atoms with van der Waals surface area (Å²) in [6.45, 7) is 9.87. The first-order valence-electron chi connectivity index (χ1n) is 7.08. The van der Waals surface area contributed by atoms with Crippen LogP contribution in [-0.2, 0) is 9.53 Å². The zero-order chi connectivity index (χ0) is 15.9. The van der Waals surface area contributed by atoms with Crippen molar-refractivity contribution < 1.29 is 14.3 Å². The maximum atomic E-state index is 11.8. The summed E-state index contributed by atoms with van der Waals surface area (Å²) in [6, 6.07) is 6.99. The minimum atomic E-state index is -0.398. The van der Waals surface area contributed by atoms with Crippen molar-refractivity contribution in [2.75, 3.05) is 13.2 Å². The van der Waals surface area contributed by atoms with E-state index in [9.17, 15) is 9.59 Å². The number of rotatable bonds is 7. The molecule has 0 saturated carbocycles. The van der Waals surface area contributed by atoms with Crippen molar-refractivity contribution in [3.63, 3.8) is 0 Å². The number of esters is 1. The molecule has 0 fully saturated rings. The quantitative estimate of drug-likeness (QED) is 0.620. The Hall–Kier alpha value is -2.10. The van der Waals surface area contributed by atoms with Crippen molar-refractivity contribution >= 4 is 18.0 Å². The molecular weight excluding hydrogens is 266 g/mol. The third-order valence-electron chi connectivity index (χ3n) is 3.50. The predicted octanol–water partition coefficient (Wildman–Crippen LogP) is 3.04. The van der Waals surface area contributed by atoms with Crippen LogP contribution in [0.1, 0.15) is 43.1 Å². The van der Waals surface area contributed by atoms with Crippen LogP contribution in [0.4, 0.5) is 0 Å². The summed E-state index contributed by atoms with van der Waals surface area (Å²) in [5.74, 6) is -0.425. The van der Waals surface area contributed by atoms with Crippen molar-refractivity contribution in [3.05, 3.63) is 42.0 Å². The second kappa shape index (κ2) is 7.62. The molecule has 0 aliphatic rings. The molecule has 0 aliphatic carbocycles. The number of nitrogens with one attached hydrogen (secondary N) is 1. The molecule has 0 bridgehead atoms. The van der Waals surface area contributed by atoms with Crippen molar-refractivity contribution in [2.24, 2.45) is 5.41 Å². The minimum absolute atomic E-state index is 0.0311. The summed E-state index contributed by atoms with van der Waals surface area (Å²) < 4.78 is 5.12. The standard InChI is InChI=1S/C17H23NO3/c1-5-13-7-9-14(10-8-13)15(19)21-12-11-18-16(20)17(3,4)6-2/h5,7-10H,1,6,11-12H2,2-4H3,(H,18,20). The molecular formula is C17H23NO3. The highest BCUT2D eigenvalue weighted by atomic mass is 16.5. The lowest BCUT2D eigenvalue weighted by atomic mass is 9.89. The van der Waals surface area contributed by atoms with E-state index in [1.807, 2.05) is 20.8 Å². The first-order valence-corrected chi connectivity index (χ1v) is 7.08. The van der Waals surface area contributed by atoms with E-state index in [-0.39, 0.29) is 12.5 Å². The number of hydrogen-bond donors (Lipinski definition) is 1. The molecule has 0 spiro atoms. The molecule has 1 aromatic rings. The van der Waals surface area contributed by atoms with E-state index in [1.54, 1.807) is 30.3 Å². The SMILES string of the molecule is C=Cc1ccc(C(=O)OCCNC(=O)C(C)(C)CC)cc1. The monoisotopic (exact) mass is 289 g/mol. The van der Waals surface area contributed by atoms with E-state index < -0.39 is 11.4 Å². The first-order chi connectivity index (χ1) is 9.90. The molecule has 0 atom stereocenters. The van der Waals surface area contributed by atoms with Gasteiger partial charge in [-0.25, -0.2) is 4.79 Å². The van der Waals surface area contributed by atoms with Crippen LogP contribution >= 0.6 is 0 Å². The van der Waals surface area contributed by atoms with Crippen LogP contribution in [0.2, 0.25) is 0 Å². The zero-order valence-corrected chi connectivity index (χ0v) is 12.9. The number of amides is 1.